The number of hydrogen-bond acceptors (Lipinski definition) is 6. The van der Waals surface area contributed by atoms with Crippen molar-refractivity contribution in [2.24, 2.45) is 0 Å². The minimum absolute atomic E-state index is 0.523. The first-order valence-corrected chi connectivity index (χ1v) is 8.16. The second-order valence-corrected chi connectivity index (χ2v) is 5.77. The van der Waals surface area contributed by atoms with E-state index in [1.165, 1.54) is 11.9 Å². The van der Waals surface area contributed by atoms with E-state index in [-0.39, 0.29) is 0 Å². The van der Waals surface area contributed by atoms with Gasteiger partial charge in [-0.1, -0.05) is 0 Å². The average molecular weight is 338 g/mol. The van der Waals surface area contributed by atoms with E-state index < -0.39 is 0 Å². The lowest BCUT2D eigenvalue weighted by Gasteiger charge is -2.16. The summed E-state index contributed by atoms with van der Waals surface area (Å²) in [6, 6.07) is 9.57. The maximum Gasteiger partial charge on any atom is 0.222 e. The summed E-state index contributed by atoms with van der Waals surface area (Å²) in [6.07, 6.45) is 5.07. The maximum absolute atomic E-state index is 5.70. The molecule has 1 aromatic carbocycles. The van der Waals surface area contributed by atoms with Gasteiger partial charge in [-0.2, -0.15) is 5.10 Å². The zero-order valence-corrected chi connectivity index (χ0v) is 14.4. The number of ether oxygens (including phenoxy) is 1. The van der Waals surface area contributed by atoms with Gasteiger partial charge < -0.3 is 15.0 Å². The van der Waals surface area contributed by atoms with Gasteiger partial charge in [-0.3, -0.25) is 5.10 Å². The Bertz CT molecular complexity index is 772. The smallest absolute Gasteiger partial charge is 0.222 e. The molecule has 7 heteroatoms. The van der Waals surface area contributed by atoms with Crippen molar-refractivity contribution in [2.45, 2.75) is 6.54 Å². The third kappa shape index (κ3) is 4.62. The Morgan fingerprint density at radius 3 is 2.76 bits per heavy atom. The first-order chi connectivity index (χ1) is 12.3. The van der Waals surface area contributed by atoms with Gasteiger partial charge in [0.2, 0.25) is 5.88 Å². The number of aromatic amines is 1. The van der Waals surface area contributed by atoms with Gasteiger partial charge in [0.25, 0.3) is 0 Å². The number of likely N-dealkylation sites (N-methyl/N-ethyl adjacent to an activating group) is 2. The zero-order chi connectivity index (χ0) is 17.5. The van der Waals surface area contributed by atoms with E-state index in [4.69, 9.17) is 4.74 Å². The number of nitrogens with one attached hydrogen (secondary N) is 2. The van der Waals surface area contributed by atoms with Crippen LogP contribution in [0, 0.1) is 0 Å². The second-order valence-electron chi connectivity index (χ2n) is 5.77. The van der Waals surface area contributed by atoms with Crippen LogP contribution in [0.1, 0.15) is 5.56 Å². The molecule has 0 fully saturated rings. The van der Waals surface area contributed by atoms with Gasteiger partial charge in [-0.05, 0) is 38.4 Å². The number of H-pyrrole nitrogens is 1. The summed E-state index contributed by atoms with van der Waals surface area (Å²) in [6.45, 7) is 2.78. The summed E-state index contributed by atoms with van der Waals surface area (Å²) in [5.74, 6) is 1.25. The van der Waals surface area contributed by atoms with E-state index in [9.17, 15) is 0 Å². The molecule has 2 heterocycles. The molecule has 0 atom stereocenters. The topological polar surface area (TPSA) is 79.0 Å². The second kappa shape index (κ2) is 8.36. The summed E-state index contributed by atoms with van der Waals surface area (Å²) in [5, 5.41) is 10.5. The highest BCUT2D eigenvalue weighted by Gasteiger charge is 2.11. The van der Waals surface area contributed by atoms with Crippen LogP contribution >= 0.6 is 0 Å². The first kappa shape index (κ1) is 17.1. The molecular weight excluding hydrogens is 316 g/mol. The highest BCUT2D eigenvalue weighted by Crippen LogP contribution is 2.26. The van der Waals surface area contributed by atoms with Crippen molar-refractivity contribution in [1.29, 1.82) is 0 Å². The Morgan fingerprint density at radius 2 is 2.04 bits per heavy atom. The lowest BCUT2D eigenvalue weighted by atomic mass is 10.1. The largest absolute Gasteiger partial charge is 0.439 e. The molecule has 0 radical (unpaired) electrons. The van der Waals surface area contributed by atoms with Crippen molar-refractivity contribution >= 4 is 0 Å². The number of hydrogen-bond donors (Lipinski definition) is 2. The van der Waals surface area contributed by atoms with Crippen molar-refractivity contribution in [2.75, 3.05) is 27.2 Å². The molecule has 7 nitrogen and oxygen atoms in total. The van der Waals surface area contributed by atoms with Crippen LogP contribution in [0.4, 0.5) is 0 Å². The molecule has 0 spiro atoms. The van der Waals surface area contributed by atoms with Gasteiger partial charge in [-0.25, -0.2) is 9.97 Å². The normalized spacial score (nSPS) is 11.0. The van der Waals surface area contributed by atoms with Crippen molar-refractivity contribution in [3.05, 3.63) is 54.6 Å². The Hall–Kier alpha value is -2.77. The number of nitrogens with zero attached hydrogens (tertiary/aromatic N) is 4. The molecule has 25 heavy (non-hydrogen) atoms. The van der Waals surface area contributed by atoms with Gasteiger partial charge in [0.15, 0.2) is 0 Å². The van der Waals surface area contributed by atoms with Crippen LogP contribution < -0.4 is 10.1 Å². The third-order valence-corrected chi connectivity index (χ3v) is 3.81. The number of benzene rings is 1. The Labute approximate surface area is 147 Å². The van der Waals surface area contributed by atoms with E-state index >= 15 is 0 Å². The van der Waals surface area contributed by atoms with Crippen molar-refractivity contribution in [1.82, 2.24) is 30.4 Å². The lowest BCUT2D eigenvalue weighted by molar-refractivity contribution is 0.328. The van der Waals surface area contributed by atoms with E-state index in [1.807, 2.05) is 37.5 Å². The van der Waals surface area contributed by atoms with E-state index in [0.29, 0.717) is 5.88 Å². The lowest BCUT2D eigenvalue weighted by Crippen LogP contribution is -2.26. The minimum Gasteiger partial charge on any atom is -0.439 e. The molecule has 2 aromatic heterocycles. The van der Waals surface area contributed by atoms with Crippen LogP contribution in [-0.2, 0) is 6.54 Å². The van der Waals surface area contributed by atoms with Crippen LogP contribution in [0.5, 0.6) is 11.6 Å². The van der Waals surface area contributed by atoms with E-state index in [0.717, 1.165) is 36.6 Å². The molecule has 0 unspecified atom stereocenters. The standard InChI is InChI=1S/C18H22N6O/c1-19-9-10-24(2)12-15-11-22-23-18(15)14-3-5-16(6-4-14)25-17-7-8-20-13-21-17/h3-8,11,13,19H,9-10,12H2,1-2H3,(H,22,23). The molecule has 0 aliphatic rings. The monoisotopic (exact) mass is 338 g/mol. The van der Waals surface area contributed by atoms with Gasteiger partial charge in [0.1, 0.15) is 12.1 Å². The van der Waals surface area contributed by atoms with Crippen molar-refractivity contribution in [3.63, 3.8) is 0 Å². The predicted octanol–water partition coefficient (Wildman–Crippen LogP) is 2.31. The maximum atomic E-state index is 5.70. The quantitative estimate of drug-likeness (QED) is 0.656. The number of aromatic nitrogens is 4. The molecule has 3 rings (SSSR count). The fraction of sp³-hybridized carbons (Fsp3) is 0.278. The van der Waals surface area contributed by atoms with Gasteiger partial charge in [-0.15, -0.1) is 0 Å². The number of rotatable bonds is 8. The highest BCUT2D eigenvalue weighted by molar-refractivity contribution is 5.63. The zero-order valence-electron chi connectivity index (χ0n) is 14.4. The van der Waals surface area contributed by atoms with Crippen LogP contribution in [0.3, 0.4) is 0 Å². The van der Waals surface area contributed by atoms with Crippen LogP contribution in [0.2, 0.25) is 0 Å². The van der Waals surface area contributed by atoms with Crippen LogP contribution in [0.15, 0.2) is 49.1 Å². The molecule has 3 aromatic rings. The van der Waals surface area contributed by atoms with Crippen LogP contribution in [-0.4, -0.2) is 52.3 Å². The summed E-state index contributed by atoms with van der Waals surface area (Å²) in [5.41, 5.74) is 3.18. The van der Waals surface area contributed by atoms with Gasteiger partial charge in [0, 0.05) is 49.2 Å². The fourth-order valence-electron chi connectivity index (χ4n) is 2.50. The van der Waals surface area contributed by atoms with Crippen LogP contribution in [0.25, 0.3) is 11.3 Å². The molecule has 0 saturated heterocycles. The van der Waals surface area contributed by atoms with Gasteiger partial charge in [0.05, 0.1) is 5.69 Å². The summed E-state index contributed by atoms with van der Waals surface area (Å²) >= 11 is 0. The molecule has 0 amide bonds. The molecule has 0 aliphatic heterocycles. The van der Waals surface area contributed by atoms with Gasteiger partial charge >= 0.3 is 0 Å². The van der Waals surface area contributed by atoms with E-state index in [1.54, 1.807) is 12.3 Å². The molecule has 0 saturated carbocycles. The molecular formula is C18H22N6O. The summed E-state index contributed by atoms with van der Waals surface area (Å²) < 4.78 is 5.70. The third-order valence-electron chi connectivity index (χ3n) is 3.81. The molecule has 2 N–H and O–H groups in total. The molecule has 0 bridgehead atoms. The Balaban J connectivity index is 1.69. The Morgan fingerprint density at radius 1 is 1.20 bits per heavy atom. The van der Waals surface area contributed by atoms with Crippen molar-refractivity contribution < 1.29 is 4.74 Å². The fourth-order valence-corrected chi connectivity index (χ4v) is 2.50. The van der Waals surface area contributed by atoms with E-state index in [2.05, 4.69) is 37.4 Å². The summed E-state index contributed by atoms with van der Waals surface area (Å²) in [4.78, 5) is 10.2. The Kier molecular flexibility index (Phi) is 5.71. The molecule has 130 valence electrons. The summed E-state index contributed by atoms with van der Waals surface area (Å²) in [7, 11) is 4.06. The molecule has 0 aliphatic carbocycles. The highest BCUT2D eigenvalue weighted by atomic mass is 16.5. The SMILES string of the molecule is CNCCN(C)Cc1c[nH]nc1-c1ccc(Oc2ccncn2)cc1. The minimum atomic E-state index is 0.523. The predicted molar refractivity (Wildman–Crippen MR) is 96.4 cm³/mol. The first-order valence-electron chi connectivity index (χ1n) is 8.16. The average Bonchev–Trinajstić information content (AvgIpc) is 3.09. The van der Waals surface area contributed by atoms with Crippen molar-refractivity contribution in [3.8, 4) is 22.9 Å².